The molecular formula is C14H17N5O4S2. The highest BCUT2D eigenvalue weighted by atomic mass is 32.2. The van der Waals surface area contributed by atoms with Crippen LogP contribution in [0.25, 0.3) is 10.6 Å². The molecule has 1 aliphatic heterocycles. The molecule has 0 aromatic carbocycles. The zero-order valence-electron chi connectivity index (χ0n) is 13.2. The molecule has 0 radical (unpaired) electrons. The van der Waals surface area contributed by atoms with Crippen molar-refractivity contribution in [2.45, 2.75) is 11.6 Å². The number of amides is 1. The van der Waals surface area contributed by atoms with Crippen molar-refractivity contribution in [3.8, 4) is 10.6 Å². The third-order valence-electron chi connectivity index (χ3n) is 3.45. The molecule has 3 rings (SSSR count). The predicted octanol–water partition coefficient (Wildman–Crippen LogP) is 1.02. The number of nitrogens with zero attached hydrogens (tertiary/aromatic N) is 3. The lowest BCUT2D eigenvalue weighted by Gasteiger charge is -2.12. The van der Waals surface area contributed by atoms with Crippen molar-refractivity contribution in [1.29, 1.82) is 0 Å². The smallest absolute Gasteiger partial charge is 0.247 e. The Hall–Kier alpha value is -2.37. The number of hydrogen-bond acceptors (Lipinski definition) is 9. The number of oxime groups is 1. The molecule has 9 nitrogen and oxygen atoms in total. The molecule has 1 aliphatic rings. The van der Waals surface area contributed by atoms with Gasteiger partial charge in [0.1, 0.15) is 6.61 Å². The van der Waals surface area contributed by atoms with Crippen LogP contribution in [0.15, 0.2) is 40.1 Å². The summed E-state index contributed by atoms with van der Waals surface area (Å²) in [7, 11) is -3.91. The maximum absolute atomic E-state index is 12.6. The van der Waals surface area contributed by atoms with E-state index in [1.807, 2.05) is 17.5 Å². The molecule has 1 unspecified atom stereocenters. The molecule has 134 valence electrons. The fourth-order valence-electron chi connectivity index (χ4n) is 2.25. The molecular weight excluding hydrogens is 366 g/mol. The lowest BCUT2D eigenvalue weighted by molar-refractivity contribution is -0.119. The Bertz CT molecular complexity index is 880. The van der Waals surface area contributed by atoms with Gasteiger partial charge in [0.25, 0.3) is 0 Å². The lowest BCUT2D eigenvalue weighted by atomic mass is 10.0. The van der Waals surface area contributed by atoms with Gasteiger partial charge >= 0.3 is 0 Å². The lowest BCUT2D eigenvalue weighted by Crippen LogP contribution is -2.35. The summed E-state index contributed by atoms with van der Waals surface area (Å²) in [5, 5.41) is 5.24. The Labute approximate surface area is 148 Å². The maximum atomic E-state index is 12.6. The Balaban J connectivity index is 0.00000225. The van der Waals surface area contributed by atoms with E-state index in [2.05, 4.69) is 15.1 Å². The van der Waals surface area contributed by atoms with E-state index in [-0.39, 0.29) is 11.3 Å². The predicted molar refractivity (Wildman–Crippen MR) is 93.1 cm³/mol. The third kappa shape index (κ3) is 4.18. The van der Waals surface area contributed by atoms with E-state index in [1.54, 1.807) is 6.07 Å². The Morgan fingerprint density at radius 3 is 2.80 bits per heavy atom. The molecule has 0 spiro atoms. The molecule has 0 aliphatic carbocycles. The number of nitrogens with two attached hydrogens (primary N) is 1. The monoisotopic (exact) mass is 383 g/mol. The molecule has 0 fully saturated rings. The highest BCUT2D eigenvalue weighted by Crippen LogP contribution is 2.23. The second-order valence-electron chi connectivity index (χ2n) is 5.10. The number of sulfone groups is 1. The average molecular weight is 383 g/mol. The Morgan fingerprint density at radius 2 is 2.20 bits per heavy atom. The fraction of sp³-hybridized carbons (Fsp3) is 0.286. The van der Waals surface area contributed by atoms with Crippen LogP contribution in [0, 0.1) is 5.92 Å². The van der Waals surface area contributed by atoms with Gasteiger partial charge < -0.3 is 16.7 Å². The zero-order chi connectivity index (χ0) is 17.2. The van der Waals surface area contributed by atoms with E-state index in [4.69, 9.17) is 10.6 Å². The summed E-state index contributed by atoms with van der Waals surface area (Å²) >= 11 is 1.44. The summed E-state index contributed by atoms with van der Waals surface area (Å²) in [6.07, 6.45) is 1.75. The first-order valence-electron chi connectivity index (χ1n) is 7.05. The summed E-state index contributed by atoms with van der Waals surface area (Å²) in [5.74, 6) is -2.35. The third-order valence-corrected chi connectivity index (χ3v) is 5.87. The second kappa shape index (κ2) is 7.68. The summed E-state index contributed by atoms with van der Waals surface area (Å²) in [6, 6.07) is 5.31. The number of primary amides is 1. The van der Waals surface area contributed by atoms with Gasteiger partial charge in [0.15, 0.2) is 0 Å². The topological polar surface area (TPSA) is 160 Å². The van der Waals surface area contributed by atoms with Crippen LogP contribution in [0.1, 0.15) is 6.42 Å². The molecule has 0 saturated carbocycles. The van der Waals surface area contributed by atoms with Crippen LogP contribution in [-0.2, 0) is 19.5 Å². The summed E-state index contributed by atoms with van der Waals surface area (Å²) in [5.41, 5.74) is 6.17. The van der Waals surface area contributed by atoms with Crippen molar-refractivity contribution < 1.29 is 18.0 Å². The number of rotatable bonds is 6. The SMILES string of the molecule is N.NC(=O)C(CS(=O)(=O)c1nccc(-c2cccs2)n1)C1=NOCC1. The number of thiophene rings is 1. The fourth-order valence-corrected chi connectivity index (χ4v) is 4.35. The number of aromatic nitrogens is 2. The van der Waals surface area contributed by atoms with Gasteiger partial charge in [0, 0.05) is 12.6 Å². The number of carbonyl (C=O) groups is 1. The molecule has 1 amide bonds. The molecule has 11 heteroatoms. The van der Waals surface area contributed by atoms with E-state index < -0.39 is 27.4 Å². The van der Waals surface area contributed by atoms with Crippen molar-refractivity contribution in [3.05, 3.63) is 29.8 Å². The summed E-state index contributed by atoms with van der Waals surface area (Å²) < 4.78 is 25.2. The first kappa shape index (κ1) is 19.0. The van der Waals surface area contributed by atoms with E-state index >= 15 is 0 Å². The van der Waals surface area contributed by atoms with Gasteiger partial charge in [0.2, 0.25) is 20.9 Å². The van der Waals surface area contributed by atoms with Gasteiger partial charge in [-0.25, -0.2) is 18.4 Å². The van der Waals surface area contributed by atoms with Gasteiger partial charge in [-0.1, -0.05) is 11.2 Å². The minimum absolute atomic E-state index is 0. The van der Waals surface area contributed by atoms with Gasteiger partial charge in [-0.3, -0.25) is 4.79 Å². The first-order valence-corrected chi connectivity index (χ1v) is 9.58. The summed E-state index contributed by atoms with van der Waals surface area (Å²) in [4.78, 5) is 25.2. The quantitative estimate of drug-likeness (QED) is 0.704. The van der Waals surface area contributed by atoms with E-state index in [0.29, 0.717) is 24.4 Å². The molecule has 2 aromatic rings. The molecule has 2 aromatic heterocycles. The van der Waals surface area contributed by atoms with Crippen LogP contribution < -0.4 is 11.9 Å². The summed E-state index contributed by atoms with van der Waals surface area (Å²) in [6.45, 7) is 0.309. The molecule has 3 heterocycles. The van der Waals surface area contributed by atoms with E-state index in [1.165, 1.54) is 17.5 Å². The highest BCUT2D eigenvalue weighted by Gasteiger charge is 2.33. The van der Waals surface area contributed by atoms with Gasteiger partial charge in [0.05, 0.1) is 28.0 Å². The van der Waals surface area contributed by atoms with Crippen molar-refractivity contribution >= 4 is 32.8 Å². The van der Waals surface area contributed by atoms with Gasteiger partial charge in [-0.2, -0.15) is 0 Å². The molecule has 5 N–H and O–H groups in total. The normalized spacial score (nSPS) is 15.0. The van der Waals surface area contributed by atoms with Crippen LogP contribution in [0.3, 0.4) is 0 Å². The van der Waals surface area contributed by atoms with Crippen LogP contribution in [0.2, 0.25) is 0 Å². The molecule has 1 atom stereocenters. The van der Waals surface area contributed by atoms with Crippen LogP contribution in [-0.4, -0.2) is 42.4 Å². The number of hydrogen-bond donors (Lipinski definition) is 2. The van der Waals surface area contributed by atoms with E-state index in [0.717, 1.165) is 4.88 Å². The van der Waals surface area contributed by atoms with Crippen molar-refractivity contribution in [2.24, 2.45) is 16.8 Å². The van der Waals surface area contributed by atoms with Gasteiger partial charge in [-0.15, -0.1) is 11.3 Å². The van der Waals surface area contributed by atoms with E-state index in [9.17, 15) is 13.2 Å². The molecule has 25 heavy (non-hydrogen) atoms. The maximum Gasteiger partial charge on any atom is 0.247 e. The average Bonchev–Trinajstić information content (AvgIpc) is 3.26. The standard InChI is InChI=1S/C14H14N4O4S2.H3N/c15-13(19)9(10-4-6-22-18-10)8-24(20,21)14-16-5-3-11(17-14)12-2-1-7-23-12;/h1-3,5,7,9H,4,6,8H2,(H2,15,19);1H3. The Morgan fingerprint density at radius 1 is 1.40 bits per heavy atom. The first-order chi connectivity index (χ1) is 11.5. The second-order valence-corrected chi connectivity index (χ2v) is 7.98. The molecule has 0 saturated heterocycles. The van der Waals surface area contributed by atoms with Crippen molar-refractivity contribution in [1.82, 2.24) is 16.1 Å². The minimum Gasteiger partial charge on any atom is -0.395 e. The Kier molecular flexibility index (Phi) is 5.82. The molecule has 0 bridgehead atoms. The minimum atomic E-state index is -3.91. The largest absolute Gasteiger partial charge is 0.395 e. The number of carbonyl (C=O) groups excluding carboxylic acids is 1. The van der Waals surface area contributed by atoms with Crippen molar-refractivity contribution in [2.75, 3.05) is 12.4 Å². The van der Waals surface area contributed by atoms with Crippen LogP contribution >= 0.6 is 11.3 Å². The van der Waals surface area contributed by atoms with Crippen LogP contribution in [0.5, 0.6) is 0 Å². The zero-order valence-corrected chi connectivity index (χ0v) is 14.8. The van der Waals surface area contributed by atoms with Crippen molar-refractivity contribution in [3.63, 3.8) is 0 Å². The van der Waals surface area contributed by atoms with Gasteiger partial charge in [-0.05, 0) is 17.5 Å². The van der Waals surface area contributed by atoms with Crippen LogP contribution in [0.4, 0.5) is 0 Å². The highest BCUT2D eigenvalue weighted by molar-refractivity contribution is 7.91.